The van der Waals surface area contributed by atoms with Crippen LogP contribution in [0.4, 0.5) is 0 Å². The fraction of sp³-hybridized carbons (Fsp3) is 0.429. The van der Waals surface area contributed by atoms with E-state index in [-0.39, 0.29) is 27.4 Å². The van der Waals surface area contributed by atoms with Crippen LogP contribution in [0.2, 0.25) is 20.1 Å². The highest BCUT2D eigenvalue weighted by Gasteiger charge is 2.45. The maximum atomic E-state index is 12.2. The van der Waals surface area contributed by atoms with Crippen LogP contribution in [-0.4, -0.2) is 24.5 Å². The molecule has 0 aromatic heterocycles. The first-order chi connectivity index (χ1) is 10.2. The Labute approximate surface area is 148 Å². The fourth-order valence-electron chi connectivity index (χ4n) is 2.76. The number of halogens is 4. The van der Waals surface area contributed by atoms with Crippen molar-refractivity contribution in [1.29, 1.82) is 0 Å². The average Bonchev–Trinajstić information content (AvgIpc) is 2.49. The van der Waals surface area contributed by atoms with E-state index in [2.05, 4.69) is 5.32 Å². The topological polar surface area (TPSA) is 55.4 Å². The van der Waals surface area contributed by atoms with Crippen LogP contribution in [0.3, 0.4) is 0 Å². The zero-order valence-electron chi connectivity index (χ0n) is 11.9. The van der Waals surface area contributed by atoms with Crippen molar-refractivity contribution in [2.75, 3.05) is 7.11 Å². The summed E-state index contributed by atoms with van der Waals surface area (Å²) in [5.41, 5.74) is 0.162. The number of fused-ring (bicyclic) bond motifs is 1. The van der Waals surface area contributed by atoms with Gasteiger partial charge in [0.05, 0.1) is 27.2 Å². The molecule has 1 N–H and O–H groups in total. The summed E-state index contributed by atoms with van der Waals surface area (Å²) < 4.78 is 4.84. The van der Waals surface area contributed by atoms with Crippen LogP contribution in [0, 0.1) is 0 Å². The molecule has 0 bridgehead atoms. The number of amides is 1. The highest BCUT2D eigenvalue weighted by Crippen LogP contribution is 2.45. The largest absolute Gasteiger partial charge is 0.467 e. The number of esters is 1. The Hall–Kier alpha value is -0.680. The molecule has 22 heavy (non-hydrogen) atoms. The van der Waals surface area contributed by atoms with Gasteiger partial charge in [-0.2, -0.15) is 0 Å². The van der Waals surface area contributed by atoms with E-state index in [1.807, 2.05) is 0 Å². The number of benzene rings is 1. The van der Waals surface area contributed by atoms with Gasteiger partial charge in [-0.15, -0.1) is 0 Å². The molecule has 0 spiro atoms. The third-order valence-electron chi connectivity index (χ3n) is 3.74. The first-order valence-electron chi connectivity index (χ1n) is 6.44. The molecule has 0 saturated heterocycles. The molecule has 1 aliphatic carbocycles. The molecule has 2 rings (SSSR count). The van der Waals surface area contributed by atoms with Crippen molar-refractivity contribution in [2.45, 2.75) is 31.7 Å². The van der Waals surface area contributed by atoms with Gasteiger partial charge in [-0.1, -0.05) is 46.4 Å². The SMILES string of the molecule is COC(=O)C1(NC(C)=O)CCc2c(Cl)c(Cl)c(Cl)c(Cl)c2C1. The van der Waals surface area contributed by atoms with Crippen molar-refractivity contribution in [1.82, 2.24) is 5.32 Å². The molecular weight excluding hydrogens is 372 g/mol. The van der Waals surface area contributed by atoms with Gasteiger partial charge in [-0.25, -0.2) is 4.79 Å². The molecule has 1 aliphatic rings. The van der Waals surface area contributed by atoms with Crippen molar-refractivity contribution >= 4 is 58.3 Å². The first-order valence-corrected chi connectivity index (χ1v) is 7.95. The predicted molar refractivity (Wildman–Crippen MR) is 87.1 cm³/mol. The molecule has 1 unspecified atom stereocenters. The van der Waals surface area contributed by atoms with Crippen LogP contribution in [0.15, 0.2) is 0 Å². The van der Waals surface area contributed by atoms with Crippen LogP contribution in [0.25, 0.3) is 0 Å². The highest BCUT2D eigenvalue weighted by molar-refractivity contribution is 6.52. The molecule has 0 radical (unpaired) electrons. The molecule has 0 heterocycles. The summed E-state index contributed by atoms with van der Waals surface area (Å²) in [6, 6.07) is 0. The van der Waals surface area contributed by atoms with Crippen LogP contribution < -0.4 is 5.32 Å². The second kappa shape index (κ2) is 6.44. The Balaban J connectivity index is 2.57. The van der Waals surface area contributed by atoms with Crippen LogP contribution >= 0.6 is 46.4 Å². The normalized spacial score (nSPS) is 20.3. The molecule has 1 atom stereocenters. The molecule has 8 heteroatoms. The van der Waals surface area contributed by atoms with Crippen molar-refractivity contribution < 1.29 is 14.3 Å². The van der Waals surface area contributed by atoms with Gasteiger partial charge in [0.1, 0.15) is 5.54 Å². The van der Waals surface area contributed by atoms with E-state index in [1.54, 1.807) is 0 Å². The molecular formula is C14H13Cl4NO3. The van der Waals surface area contributed by atoms with E-state index >= 15 is 0 Å². The minimum Gasteiger partial charge on any atom is -0.467 e. The minimum atomic E-state index is -1.18. The predicted octanol–water partition coefficient (Wildman–Crippen LogP) is 3.84. The van der Waals surface area contributed by atoms with Gasteiger partial charge in [-0.05, 0) is 24.0 Å². The number of carbonyl (C=O) groups is 2. The lowest BCUT2D eigenvalue weighted by Crippen LogP contribution is -2.57. The quantitative estimate of drug-likeness (QED) is 0.478. The van der Waals surface area contributed by atoms with E-state index in [4.69, 9.17) is 51.1 Å². The van der Waals surface area contributed by atoms with Gasteiger partial charge < -0.3 is 10.1 Å². The van der Waals surface area contributed by atoms with Crippen molar-refractivity contribution in [3.8, 4) is 0 Å². The van der Waals surface area contributed by atoms with Crippen LogP contribution in [0.1, 0.15) is 24.5 Å². The van der Waals surface area contributed by atoms with E-state index in [0.717, 1.165) is 5.56 Å². The summed E-state index contributed by atoms with van der Waals surface area (Å²) >= 11 is 24.6. The molecule has 0 saturated carbocycles. The fourth-order valence-corrected chi connectivity index (χ4v) is 3.85. The summed E-state index contributed by atoms with van der Waals surface area (Å²) in [6.07, 6.45) is 0.893. The number of nitrogens with one attached hydrogen (secondary N) is 1. The standard InChI is InChI=1S/C14H13Cl4NO3/c1-6(20)19-14(13(21)22-2)4-3-7-8(5-14)10(16)12(18)11(17)9(7)15/h3-5H2,1-2H3,(H,19,20). The van der Waals surface area contributed by atoms with Gasteiger partial charge in [0.25, 0.3) is 0 Å². The number of hydrogen-bond donors (Lipinski definition) is 1. The number of hydrogen-bond acceptors (Lipinski definition) is 3. The Kier molecular flexibility index (Phi) is 5.17. The molecule has 0 aliphatic heterocycles. The first kappa shape index (κ1) is 17.7. The highest BCUT2D eigenvalue weighted by atomic mass is 35.5. The third-order valence-corrected chi connectivity index (χ3v) is 5.62. The zero-order chi connectivity index (χ0) is 16.7. The summed E-state index contributed by atoms with van der Waals surface area (Å²) in [6.45, 7) is 1.34. The number of rotatable bonds is 2. The molecule has 4 nitrogen and oxygen atoms in total. The molecule has 1 aromatic carbocycles. The van der Waals surface area contributed by atoms with E-state index < -0.39 is 11.5 Å². The summed E-state index contributed by atoms with van der Waals surface area (Å²) in [4.78, 5) is 23.7. The number of ether oxygens (including phenoxy) is 1. The summed E-state index contributed by atoms with van der Waals surface area (Å²) in [5, 5.41) is 3.57. The summed E-state index contributed by atoms with van der Waals surface area (Å²) in [7, 11) is 1.27. The van der Waals surface area contributed by atoms with Gasteiger partial charge in [-0.3, -0.25) is 4.79 Å². The Morgan fingerprint density at radius 1 is 1.05 bits per heavy atom. The van der Waals surface area contributed by atoms with Crippen molar-refractivity contribution in [2.24, 2.45) is 0 Å². The lowest BCUT2D eigenvalue weighted by atomic mass is 9.77. The maximum absolute atomic E-state index is 12.2. The van der Waals surface area contributed by atoms with Gasteiger partial charge >= 0.3 is 5.97 Å². The Bertz CT molecular complexity index is 662. The van der Waals surface area contributed by atoms with Crippen molar-refractivity contribution in [3.63, 3.8) is 0 Å². The average molecular weight is 385 g/mol. The van der Waals surface area contributed by atoms with Gasteiger partial charge in [0, 0.05) is 13.3 Å². The second-order valence-electron chi connectivity index (χ2n) is 5.14. The van der Waals surface area contributed by atoms with E-state index in [9.17, 15) is 9.59 Å². The molecule has 1 aromatic rings. The molecule has 120 valence electrons. The number of carbonyl (C=O) groups excluding carboxylic acids is 2. The van der Waals surface area contributed by atoms with E-state index in [1.165, 1.54) is 14.0 Å². The van der Waals surface area contributed by atoms with Gasteiger partial charge in [0.2, 0.25) is 5.91 Å². The monoisotopic (exact) mass is 383 g/mol. The Morgan fingerprint density at radius 2 is 1.59 bits per heavy atom. The molecule has 1 amide bonds. The van der Waals surface area contributed by atoms with Gasteiger partial charge in [0.15, 0.2) is 0 Å². The van der Waals surface area contributed by atoms with Crippen LogP contribution in [0.5, 0.6) is 0 Å². The maximum Gasteiger partial charge on any atom is 0.331 e. The lowest BCUT2D eigenvalue weighted by Gasteiger charge is -2.37. The third kappa shape index (κ3) is 2.90. The van der Waals surface area contributed by atoms with E-state index in [0.29, 0.717) is 23.4 Å². The number of methoxy groups -OCH3 is 1. The zero-order valence-corrected chi connectivity index (χ0v) is 14.9. The lowest BCUT2D eigenvalue weighted by molar-refractivity contribution is -0.151. The smallest absolute Gasteiger partial charge is 0.331 e. The minimum absolute atomic E-state index is 0.135. The second-order valence-corrected chi connectivity index (χ2v) is 6.66. The van der Waals surface area contributed by atoms with Crippen molar-refractivity contribution in [3.05, 3.63) is 31.2 Å². The summed E-state index contributed by atoms with van der Waals surface area (Å²) in [5.74, 6) is -0.872. The molecule has 0 fully saturated rings. The Morgan fingerprint density at radius 3 is 2.09 bits per heavy atom. The van der Waals surface area contributed by atoms with Crippen LogP contribution in [-0.2, 0) is 27.2 Å².